The summed E-state index contributed by atoms with van der Waals surface area (Å²) in [5.41, 5.74) is -0.383. The molecule has 2 aliphatic rings. The number of likely N-dealkylation sites (tertiary alicyclic amines) is 1. The summed E-state index contributed by atoms with van der Waals surface area (Å²) in [6.07, 6.45) is -2.43. The molecule has 3 rings (SSSR count). The fraction of sp³-hybridized carbons (Fsp3) is 0.636. The first kappa shape index (κ1) is 24.3. The van der Waals surface area contributed by atoms with Crippen LogP contribution in [0.4, 0.5) is 13.2 Å². The van der Waals surface area contributed by atoms with Gasteiger partial charge in [0.1, 0.15) is 5.41 Å². The molecule has 0 radical (unpaired) electrons. The number of alkyl halides is 4. The van der Waals surface area contributed by atoms with E-state index in [0.717, 1.165) is 35.9 Å². The monoisotopic (exact) mass is 551 g/mol. The first-order chi connectivity index (χ1) is 14.7. The maximum Gasteiger partial charge on any atom is 0.403 e. The third-order valence-electron chi connectivity index (χ3n) is 6.50. The lowest BCUT2D eigenvalue weighted by Crippen LogP contribution is -2.55. The van der Waals surface area contributed by atoms with Gasteiger partial charge in [0, 0.05) is 29.6 Å². The lowest BCUT2D eigenvalue weighted by atomic mass is 9.67. The number of benzene rings is 1. The molecule has 2 amide bonds. The van der Waals surface area contributed by atoms with Crippen molar-refractivity contribution < 1.29 is 22.8 Å². The van der Waals surface area contributed by atoms with Crippen molar-refractivity contribution in [2.75, 3.05) is 32.7 Å². The van der Waals surface area contributed by atoms with Crippen LogP contribution in [0.3, 0.4) is 0 Å². The van der Waals surface area contributed by atoms with Crippen molar-refractivity contribution in [2.45, 2.75) is 42.7 Å². The smallest absolute Gasteiger partial charge is 0.354 e. The molecule has 31 heavy (non-hydrogen) atoms. The van der Waals surface area contributed by atoms with E-state index in [0.29, 0.717) is 31.0 Å². The molecule has 2 N–H and O–H groups in total. The first-order valence-electron chi connectivity index (χ1n) is 10.8. The van der Waals surface area contributed by atoms with Crippen LogP contribution in [-0.2, 0) is 9.22 Å². The second-order valence-corrected chi connectivity index (χ2v) is 9.28. The number of rotatable bonds is 8. The molecule has 172 valence electrons. The Morgan fingerprint density at radius 1 is 1.16 bits per heavy atom. The Morgan fingerprint density at radius 3 is 2.45 bits per heavy atom. The van der Waals surface area contributed by atoms with Gasteiger partial charge >= 0.3 is 6.18 Å². The van der Waals surface area contributed by atoms with Crippen LogP contribution in [0, 0.1) is 11.3 Å². The average Bonchev–Trinajstić information content (AvgIpc) is 2.71. The lowest BCUT2D eigenvalue weighted by molar-refractivity contribution is -0.243. The minimum atomic E-state index is -4.48. The Morgan fingerprint density at radius 2 is 1.87 bits per heavy atom. The molecular weight excluding hydrogens is 522 g/mol. The van der Waals surface area contributed by atoms with Gasteiger partial charge in [-0.1, -0.05) is 41.1 Å². The van der Waals surface area contributed by atoms with Gasteiger partial charge in [0.05, 0.1) is 0 Å². The molecule has 0 aromatic heterocycles. The van der Waals surface area contributed by atoms with E-state index in [1.807, 2.05) is 24.3 Å². The van der Waals surface area contributed by atoms with Crippen molar-refractivity contribution in [3.8, 4) is 0 Å². The molecule has 2 fully saturated rings. The van der Waals surface area contributed by atoms with Crippen molar-refractivity contribution >= 4 is 34.4 Å². The van der Waals surface area contributed by atoms with Crippen molar-refractivity contribution in [1.82, 2.24) is 15.5 Å². The molecule has 1 saturated heterocycles. The van der Waals surface area contributed by atoms with Crippen molar-refractivity contribution in [3.63, 3.8) is 0 Å². The van der Waals surface area contributed by atoms with Crippen LogP contribution in [0.25, 0.3) is 0 Å². The van der Waals surface area contributed by atoms with Gasteiger partial charge in [-0.15, -0.1) is 0 Å². The summed E-state index contributed by atoms with van der Waals surface area (Å²) in [5.74, 6) is -0.562. The van der Waals surface area contributed by atoms with Gasteiger partial charge in [-0.05, 0) is 62.4 Å². The molecule has 1 aromatic rings. The number of piperidine rings is 1. The van der Waals surface area contributed by atoms with Gasteiger partial charge in [0.15, 0.2) is 0 Å². The highest BCUT2D eigenvalue weighted by molar-refractivity contribution is 14.1. The topological polar surface area (TPSA) is 61.4 Å². The van der Waals surface area contributed by atoms with Crippen molar-refractivity contribution in [3.05, 3.63) is 35.4 Å². The molecule has 1 heterocycles. The second-order valence-electron chi connectivity index (χ2n) is 8.52. The van der Waals surface area contributed by atoms with Gasteiger partial charge in [-0.2, -0.15) is 13.2 Å². The Balaban J connectivity index is 1.34. The molecule has 1 aliphatic heterocycles. The standard InChI is InChI=1S/C22H29F3IN3O2/c23-22(24,25)21(7-2-8-21)20(31)27-9-12-29-10-5-16(6-11-29)15-28-19(30)18-4-1-3-17(13-18)14-26/h1,3-4,13,16H,2,5-12,14-15H2,(H,27,31)(H,28,30). The van der Waals surface area contributed by atoms with Crippen LogP contribution in [0.15, 0.2) is 24.3 Å². The number of nitrogens with zero attached hydrogens (tertiary/aromatic N) is 1. The highest BCUT2D eigenvalue weighted by Gasteiger charge is 2.63. The molecule has 5 nitrogen and oxygen atoms in total. The number of carbonyl (C=O) groups excluding carboxylic acids is 2. The van der Waals surface area contributed by atoms with Gasteiger partial charge in [-0.3, -0.25) is 9.59 Å². The number of carbonyl (C=O) groups is 2. The summed E-state index contributed by atoms with van der Waals surface area (Å²) in [7, 11) is 0. The van der Waals surface area contributed by atoms with E-state index in [1.54, 1.807) is 0 Å². The Labute approximate surface area is 194 Å². The fourth-order valence-corrected chi connectivity index (χ4v) is 4.69. The quantitative estimate of drug-likeness (QED) is 0.381. The van der Waals surface area contributed by atoms with E-state index in [-0.39, 0.29) is 25.3 Å². The van der Waals surface area contributed by atoms with Gasteiger partial charge < -0.3 is 15.5 Å². The highest BCUT2D eigenvalue weighted by Crippen LogP contribution is 2.53. The SMILES string of the molecule is O=C(NCC1CCN(CCNC(=O)C2(C(F)(F)F)CCC2)CC1)c1cccc(CI)c1. The molecular formula is C22H29F3IN3O2. The van der Waals surface area contributed by atoms with Crippen LogP contribution in [0.2, 0.25) is 0 Å². The fourth-order valence-electron chi connectivity index (χ4n) is 4.22. The van der Waals surface area contributed by atoms with E-state index < -0.39 is 17.5 Å². The summed E-state index contributed by atoms with van der Waals surface area (Å²) in [6.45, 7) is 3.01. The number of nitrogens with one attached hydrogen (secondary N) is 2. The molecule has 1 aliphatic carbocycles. The largest absolute Gasteiger partial charge is 0.403 e. The molecule has 0 bridgehead atoms. The second kappa shape index (κ2) is 10.5. The Kier molecular flexibility index (Phi) is 8.23. The van der Waals surface area contributed by atoms with Crippen molar-refractivity contribution in [2.24, 2.45) is 11.3 Å². The molecule has 9 heteroatoms. The number of hydrogen-bond acceptors (Lipinski definition) is 3. The minimum absolute atomic E-state index is 0.0635. The number of hydrogen-bond donors (Lipinski definition) is 2. The molecule has 0 spiro atoms. The van der Waals surface area contributed by atoms with Crippen LogP contribution >= 0.6 is 22.6 Å². The molecule has 1 aromatic carbocycles. The van der Waals surface area contributed by atoms with Crippen LogP contribution in [0.1, 0.15) is 48.0 Å². The summed E-state index contributed by atoms with van der Waals surface area (Å²) in [6, 6.07) is 7.61. The summed E-state index contributed by atoms with van der Waals surface area (Å²) < 4.78 is 40.5. The average molecular weight is 551 g/mol. The van der Waals surface area contributed by atoms with Gasteiger partial charge in [0.25, 0.3) is 5.91 Å². The van der Waals surface area contributed by atoms with Crippen LogP contribution < -0.4 is 10.6 Å². The number of amides is 2. The van der Waals surface area contributed by atoms with E-state index in [2.05, 4.69) is 38.1 Å². The highest BCUT2D eigenvalue weighted by atomic mass is 127. The summed E-state index contributed by atoms with van der Waals surface area (Å²) in [4.78, 5) is 26.6. The van der Waals surface area contributed by atoms with Crippen LogP contribution in [0.5, 0.6) is 0 Å². The summed E-state index contributed by atoms with van der Waals surface area (Å²) >= 11 is 2.27. The van der Waals surface area contributed by atoms with E-state index in [4.69, 9.17) is 0 Å². The first-order valence-corrected chi connectivity index (χ1v) is 12.3. The lowest BCUT2D eigenvalue weighted by Gasteiger charge is -2.41. The zero-order valence-corrected chi connectivity index (χ0v) is 19.6. The Bertz CT molecular complexity index is 776. The van der Waals surface area contributed by atoms with E-state index >= 15 is 0 Å². The third kappa shape index (κ3) is 5.91. The van der Waals surface area contributed by atoms with E-state index in [9.17, 15) is 22.8 Å². The van der Waals surface area contributed by atoms with E-state index in [1.165, 1.54) is 0 Å². The zero-order valence-electron chi connectivity index (χ0n) is 17.4. The molecule has 0 atom stereocenters. The third-order valence-corrected chi connectivity index (χ3v) is 7.38. The maximum atomic E-state index is 13.2. The van der Waals surface area contributed by atoms with Gasteiger partial charge in [-0.25, -0.2) is 0 Å². The summed E-state index contributed by atoms with van der Waals surface area (Å²) in [5, 5.41) is 5.51. The predicted octanol–water partition coefficient (Wildman–Crippen LogP) is 3.91. The number of halogens is 4. The van der Waals surface area contributed by atoms with Gasteiger partial charge in [0.2, 0.25) is 5.91 Å². The van der Waals surface area contributed by atoms with Crippen LogP contribution in [-0.4, -0.2) is 55.6 Å². The normalized spacial score (nSPS) is 19.5. The minimum Gasteiger partial charge on any atom is -0.354 e. The van der Waals surface area contributed by atoms with Crippen molar-refractivity contribution in [1.29, 1.82) is 0 Å². The maximum absolute atomic E-state index is 13.2. The zero-order chi connectivity index (χ0) is 22.5. The molecule has 0 unspecified atom stereocenters. The molecule has 1 saturated carbocycles. The predicted molar refractivity (Wildman–Crippen MR) is 121 cm³/mol. The Hall–Kier alpha value is -1.36.